The second-order valence-electron chi connectivity index (χ2n) is 6.81. The van der Waals surface area contributed by atoms with Crippen molar-refractivity contribution in [3.8, 4) is 11.4 Å². The van der Waals surface area contributed by atoms with Crippen LogP contribution in [0.5, 0.6) is 5.75 Å². The van der Waals surface area contributed by atoms with Crippen LogP contribution in [-0.2, 0) is 9.53 Å². The molecule has 3 aromatic rings. The fraction of sp³-hybridized carbons (Fsp3) is 0.217. The van der Waals surface area contributed by atoms with Gasteiger partial charge in [0.15, 0.2) is 0 Å². The molecule has 0 fully saturated rings. The third kappa shape index (κ3) is 4.52. The Hall–Kier alpha value is -3.58. The summed E-state index contributed by atoms with van der Waals surface area (Å²) in [4.78, 5) is 24.7. The number of ether oxygens (including phenoxy) is 2. The first-order valence-electron chi connectivity index (χ1n) is 9.47. The molecule has 0 unspecified atom stereocenters. The molecule has 7 nitrogen and oxygen atoms in total. The lowest BCUT2D eigenvalue weighted by molar-refractivity contribution is -0.119. The monoisotopic (exact) mass is 407 g/mol. The molecular weight excluding hydrogens is 382 g/mol. The van der Waals surface area contributed by atoms with E-state index >= 15 is 0 Å². The van der Waals surface area contributed by atoms with Crippen LogP contribution in [0.3, 0.4) is 0 Å². The van der Waals surface area contributed by atoms with Crippen LogP contribution in [0.25, 0.3) is 5.69 Å². The Balaban J connectivity index is 1.82. The van der Waals surface area contributed by atoms with Crippen molar-refractivity contribution in [2.75, 3.05) is 31.5 Å². The number of para-hydroxylation sites is 1. The summed E-state index contributed by atoms with van der Waals surface area (Å²) in [5, 5.41) is 5.61. The SMILES string of the molecule is COCC(=O)Nc1ccc(NC(=O)c2cc(C)n(-c3ccccc3)c2C)cc1OC. The minimum absolute atomic E-state index is 0.0569. The highest BCUT2D eigenvalue weighted by Gasteiger charge is 2.17. The molecule has 3 rings (SSSR count). The summed E-state index contributed by atoms with van der Waals surface area (Å²) in [5.41, 5.74) is 4.48. The molecule has 2 aromatic carbocycles. The number of rotatable bonds is 7. The fourth-order valence-corrected chi connectivity index (χ4v) is 3.36. The zero-order valence-corrected chi connectivity index (χ0v) is 17.5. The first-order valence-corrected chi connectivity index (χ1v) is 9.47. The summed E-state index contributed by atoms with van der Waals surface area (Å²) < 4.78 is 12.2. The van der Waals surface area contributed by atoms with Gasteiger partial charge in [-0.25, -0.2) is 0 Å². The number of carbonyl (C=O) groups excluding carboxylic acids is 2. The van der Waals surface area contributed by atoms with Crippen molar-refractivity contribution in [3.05, 3.63) is 71.5 Å². The molecule has 2 amide bonds. The third-order valence-electron chi connectivity index (χ3n) is 4.70. The molecule has 1 heterocycles. The van der Waals surface area contributed by atoms with Crippen LogP contribution in [0.2, 0.25) is 0 Å². The summed E-state index contributed by atoms with van der Waals surface area (Å²) in [6.45, 7) is 3.83. The van der Waals surface area contributed by atoms with Gasteiger partial charge in [-0.05, 0) is 44.2 Å². The van der Waals surface area contributed by atoms with E-state index in [1.807, 2.05) is 54.8 Å². The number of hydrogen-bond donors (Lipinski definition) is 2. The molecule has 0 aliphatic heterocycles. The van der Waals surface area contributed by atoms with Gasteiger partial charge in [-0.1, -0.05) is 18.2 Å². The van der Waals surface area contributed by atoms with Crippen molar-refractivity contribution in [2.45, 2.75) is 13.8 Å². The fourth-order valence-electron chi connectivity index (χ4n) is 3.36. The van der Waals surface area contributed by atoms with E-state index in [1.165, 1.54) is 14.2 Å². The third-order valence-corrected chi connectivity index (χ3v) is 4.70. The average molecular weight is 407 g/mol. The Morgan fingerprint density at radius 3 is 2.37 bits per heavy atom. The largest absolute Gasteiger partial charge is 0.494 e. The molecule has 0 atom stereocenters. The minimum Gasteiger partial charge on any atom is -0.494 e. The number of methoxy groups -OCH3 is 2. The molecule has 30 heavy (non-hydrogen) atoms. The molecule has 0 saturated carbocycles. The number of carbonyl (C=O) groups is 2. The zero-order chi connectivity index (χ0) is 21.7. The molecule has 2 N–H and O–H groups in total. The van der Waals surface area contributed by atoms with E-state index in [1.54, 1.807) is 18.2 Å². The van der Waals surface area contributed by atoms with Crippen molar-refractivity contribution in [1.82, 2.24) is 4.57 Å². The van der Waals surface area contributed by atoms with E-state index in [-0.39, 0.29) is 18.4 Å². The number of nitrogens with one attached hydrogen (secondary N) is 2. The van der Waals surface area contributed by atoms with Gasteiger partial charge in [0.1, 0.15) is 12.4 Å². The van der Waals surface area contributed by atoms with E-state index in [0.717, 1.165) is 17.1 Å². The quantitative estimate of drug-likeness (QED) is 0.622. The van der Waals surface area contributed by atoms with Crippen LogP contribution in [0.4, 0.5) is 11.4 Å². The van der Waals surface area contributed by atoms with Gasteiger partial charge < -0.3 is 24.7 Å². The predicted molar refractivity (Wildman–Crippen MR) is 117 cm³/mol. The Bertz CT molecular complexity index is 1060. The highest BCUT2D eigenvalue weighted by atomic mass is 16.5. The number of anilines is 2. The van der Waals surface area contributed by atoms with Crippen molar-refractivity contribution in [1.29, 1.82) is 0 Å². The molecule has 7 heteroatoms. The smallest absolute Gasteiger partial charge is 0.257 e. The van der Waals surface area contributed by atoms with Gasteiger partial charge in [0, 0.05) is 35.9 Å². The van der Waals surface area contributed by atoms with Crippen LogP contribution in [0, 0.1) is 13.8 Å². The van der Waals surface area contributed by atoms with Crippen LogP contribution in [0.1, 0.15) is 21.7 Å². The van der Waals surface area contributed by atoms with Gasteiger partial charge in [-0.15, -0.1) is 0 Å². The number of aromatic nitrogens is 1. The molecule has 0 saturated heterocycles. The van der Waals surface area contributed by atoms with Crippen molar-refractivity contribution in [3.63, 3.8) is 0 Å². The van der Waals surface area contributed by atoms with Gasteiger partial charge in [0.05, 0.1) is 18.4 Å². The van der Waals surface area contributed by atoms with E-state index in [0.29, 0.717) is 22.7 Å². The second kappa shape index (κ2) is 9.28. The standard InChI is InChI=1S/C23H25N3O4/c1-15-12-19(16(2)26(15)18-8-6-5-7-9-18)23(28)24-17-10-11-20(21(13-17)30-4)25-22(27)14-29-3/h5-13H,14H2,1-4H3,(H,24,28)(H,25,27). The molecule has 0 aliphatic rings. The number of hydrogen-bond acceptors (Lipinski definition) is 4. The van der Waals surface area contributed by atoms with E-state index in [2.05, 4.69) is 10.6 Å². The van der Waals surface area contributed by atoms with Gasteiger partial charge in [-0.2, -0.15) is 0 Å². The van der Waals surface area contributed by atoms with E-state index in [4.69, 9.17) is 9.47 Å². The van der Waals surface area contributed by atoms with Gasteiger partial charge in [0.25, 0.3) is 5.91 Å². The van der Waals surface area contributed by atoms with Crippen molar-refractivity contribution in [2.24, 2.45) is 0 Å². The summed E-state index contributed by atoms with van der Waals surface area (Å²) >= 11 is 0. The predicted octanol–water partition coefficient (Wildman–Crippen LogP) is 3.94. The summed E-state index contributed by atoms with van der Waals surface area (Å²) in [6.07, 6.45) is 0. The highest BCUT2D eigenvalue weighted by molar-refractivity contribution is 6.06. The van der Waals surface area contributed by atoms with Crippen LogP contribution in [0.15, 0.2) is 54.6 Å². The number of aryl methyl sites for hydroxylation is 1. The van der Waals surface area contributed by atoms with Crippen LogP contribution in [-0.4, -0.2) is 37.2 Å². The Morgan fingerprint density at radius 2 is 1.70 bits per heavy atom. The molecule has 1 aromatic heterocycles. The molecular formula is C23H25N3O4. The minimum atomic E-state index is -0.291. The maximum atomic E-state index is 12.9. The number of amides is 2. The topological polar surface area (TPSA) is 81.6 Å². The van der Waals surface area contributed by atoms with Gasteiger partial charge in [-0.3, -0.25) is 9.59 Å². The maximum absolute atomic E-state index is 12.9. The highest BCUT2D eigenvalue weighted by Crippen LogP contribution is 2.29. The maximum Gasteiger partial charge on any atom is 0.257 e. The van der Waals surface area contributed by atoms with E-state index in [9.17, 15) is 9.59 Å². The zero-order valence-electron chi connectivity index (χ0n) is 17.5. The molecule has 0 bridgehead atoms. The van der Waals surface area contributed by atoms with Gasteiger partial charge >= 0.3 is 0 Å². The summed E-state index contributed by atoms with van der Waals surface area (Å²) in [6, 6.07) is 16.8. The first-order chi connectivity index (χ1) is 14.4. The Morgan fingerprint density at radius 1 is 0.967 bits per heavy atom. The van der Waals surface area contributed by atoms with Crippen molar-refractivity contribution < 1.29 is 19.1 Å². The summed E-state index contributed by atoms with van der Waals surface area (Å²) in [7, 11) is 2.95. The molecule has 0 spiro atoms. The molecule has 156 valence electrons. The summed E-state index contributed by atoms with van der Waals surface area (Å²) in [5.74, 6) is -0.0727. The normalized spacial score (nSPS) is 10.5. The van der Waals surface area contributed by atoms with Crippen LogP contribution < -0.4 is 15.4 Å². The number of benzene rings is 2. The molecule has 0 aliphatic carbocycles. The lowest BCUT2D eigenvalue weighted by Crippen LogP contribution is -2.18. The Kier molecular flexibility index (Phi) is 6.54. The Labute approximate surface area is 175 Å². The second-order valence-corrected chi connectivity index (χ2v) is 6.81. The van der Waals surface area contributed by atoms with Gasteiger partial charge in [0.2, 0.25) is 5.91 Å². The first kappa shape index (κ1) is 21.1. The number of nitrogens with zero attached hydrogens (tertiary/aromatic N) is 1. The van der Waals surface area contributed by atoms with E-state index < -0.39 is 0 Å². The average Bonchev–Trinajstić information content (AvgIpc) is 3.04. The lowest BCUT2D eigenvalue weighted by atomic mass is 10.2. The van der Waals surface area contributed by atoms with Crippen LogP contribution >= 0.6 is 0 Å². The lowest BCUT2D eigenvalue weighted by Gasteiger charge is -2.13. The van der Waals surface area contributed by atoms with Crippen molar-refractivity contribution >= 4 is 23.2 Å². The molecule has 0 radical (unpaired) electrons.